The summed E-state index contributed by atoms with van der Waals surface area (Å²) in [6, 6.07) is 8.14. The third-order valence-corrected chi connectivity index (χ3v) is 4.05. The normalized spacial score (nSPS) is 11.6. The van der Waals surface area contributed by atoms with Crippen molar-refractivity contribution >= 4 is 27.2 Å². The van der Waals surface area contributed by atoms with Crippen LogP contribution in [0.4, 0.5) is 0 Å². The maximum absolute atomic E-state index is 5.69. The number of aromatic nitrogens is 4. The van der Waals surface area contributed by atoms with Gasteiger partial charge >= 0.3 is 0 Å². The molecule has 0 unspecified atom stereocenters. The lowest BCUT2D eigenvalue weighted by Crippen LogP contribution is -2.00. The van der Waals surface area contributed by atoms with Gasteiger partial charge in [0.25, 0.3) is 0 Å². The second-order valence-electron chi connectivity index (χ2n) is 4.31. The van der Waals surface area contributed by atoms with E-state index in [9.17, 15) is 0 Å². The fraction of sp³-hybridized carbons (Fsp3) is 0.0769. The predicted molar refractivity (Wildman–Crippen MR) is 76.0 cm³/mol. The molecule has 0 aliphatic carbocycles. The van der Waals surface area contributed by atoms with Gasteiger partial charge in [-0.05, 0) is 6.07 Å². The zero-order valence-corrected chi connectivity index (χ0v) is 10.8. The monoisotopic (exact) mass is 269 g/mol. The van der Waals surface area contributed by atoms with E-state index in [2.05, 4.69) is 21.1 Å². The Morgan fingerprint density at radius 3 is 3.11 bits per heavy atom. The van der Waals surface area contributed by atoms with Crippen molar-refractivity contribution in [2.75, 3.05) is 0 Å². The molecule has 0 fully saturated rings. The molecule has 6 heteroatoms. The van der Waals surface area contributed by atoms with Crippen molar-refractivity contribution in [2.45, 2.75) is 6.54 Å². The molecule has 4 rings (SSSR count). The maximum Gasteiger partial charge on any atom is 0.212 e. The molecule has 0 saturated carbocycles. The van der Waals surface area contributed by atoms with Crippen LogP contribution in [0.3, 0.4) is 0 Å². The molecule has 0 aliphatic heterocycles. The molecule has 0 radical (unpaired) electrons. The fourth-order valence-electron chi connectivity index (χ4n) is 2.24. The van der Waals surface area contributed by atoms with Gasteiger partial charge in [-0.3, -0.25) is 0 Å². The molecule has 5 nitrogen and oxygen atoms in total. The summed E-state index contributed by atoms with van der Waals surface area (Å²) in [5.41, 5.74) is 8.79. The summed E-state index contributed by atoms with van der Waals surface area (Å²) < 4.78 is 1.82. The number of nitrogens with zero attached hydrogens (tertiary/aromatic N) is 3. The van der Waals surface area contributed by atoms with Gasteiger partial charge in [0.05, 0.1) is 5.69 Å². The number of benzene rings is 1. The SMILES string of the molecule is NCc1csc2nc(-c3c[nH]c4ccccc34)nn12. The number of para-hydroxylation sites is 1. The minimum Gasteiger partial charge on any atom is -0.360 e. The summed E-state index contributed by atoms with van der Waals surface area (Å²) in [5, 5.41) is 7.68. The molecule has 3 N–H and O–H groups in total. The third-order valence-electron chi connectivity index (χ3n) is 3.19. The van der Waals surface area contributed by atoms with E-state index in [0.29, 0.717) is 6.54 Å². The molecule has 4 aromatic rings. The van der Waals surface area contributed by atoms with E-state index in [-0.39, 0.29) is 0 Å². The van der Waals surface area contributed by atoms with Gasteiger partial charge < -0.3 is 10.7 Å². The number of H-pyrrole nitrogens is 1. The van der Waals surface area contributed by atoms with Crippen LogP contribution < -0.4 is 5.73 Å². The van der Waals surface area contributed by atoms with E-state index in [1.165, 1.54) is 0 Å². The molecule has 3 aromatic heterocycles. The number of rotatable bonds is 2. The second-order valence-corrected chi connectivity index (χ2v) is 5.15. The van der Waals surface area contributed by atoms with Crippen LogP contribution in [0, 0.1) is 0 Å². The maximum atomic E-state index is 5.69. The van der Waals surface area contributed by atoms with Crippen molar-refractivity contribution in [3.05, 3.63) is 41.5 Å². The molecular weight excluding hydrogens is 258 g/mol. The molecule has 19 heavy (non-hydrogen) atoms. The van der Waals surface area contributed by atoms with E-state index in [0.717, 1.165) is 32.9 Å². The average Bonchev–Trinajstić information content (AvgIpc) is 3.10. The topological polar surface area (TPSA) is 72.0 Å². The molecule has 0 saturated heterocycles. The number of fused-ring (bicyclic) bond motifs is 2. The Bertz CT molecular complexity index is 869. The lowest BCUT2D eigenvalue weighted by atomic mass is 10.2. The van der Waals surface area contributed by atoms with Gasteiger partial charge in [-0.2, -0.15) is 4.98 Å². The number of hydrogen-bond acceptors (Lipinski definition) is 4. The molecule has 0 amide bonds. The van der Waals surface area contributed by atoms with Crippen LogP contribution in [0.2, 0.25) is 0 Å². The Morgan fingerprint density at radius 1 is 1.32 bits per heavy atom. The number of nitrogens with one attached hydrogen (secondary N) is 1. The Kier molecular flexibility index (Phi) is 2.20. The summed E-state index contributed by atoms with van der Waals surface area (Å²) in [7, 11) is 0. The van der Waals surface area contributed by atoms with E-state index < -0.39 is 0 Å². The van der Waals surface area contributed by atoms with Gasteiger partial charge in [0.1, 0.15) is 0 Å². The quantitative estimate of drug-likeness (QED) is 0.587. The first-order chi connectivity index (χ1) is 9.36. The molecule has 3 heterocycles. The zero-order chi connectivity index (χ0) is 12.8. The smallest absolute Gasteiger partial charge is 0.212 e. The van der Waals surface area contributed by atoms with E-state index >= 15 is 0 Å². The highest BCUT2D eigenvalue weighted by Gasteiger charge is 2.13. The second kappa shape index (κ2) is 3.91. The Morgan fingerprint density at radius 2 is 2.21 bits per heavy atom. The number of hydrogen-bond donors (Lipinski definition) is 2. The number of aromatic amines is 1. The van der Waals surface area contributed by atoms with Crippen LogP contribution in [-0.4, -0.2) is 19.6 Å². The van der Waals surface area contributed by atoms with E-state index in [1.54, 1.807) is 11.3 Å². The first-order valence-electron chi connectivity index (χ1n) is 5.96. The van der Waals surface area contributed by atoms with Gasteiger partial charge in [0.15, 0.2) is 5.82 Å². The summed E-state index contributed by atoms with van der Waals surface area (Å²) in [5.74, 6) is 0.735. The number of nitrogens with two attached hydrogens (primary N) is 1. The molecule has 0 atom stereocenters. The highest BCUT2D eigenvalue weighted by Crippen LogP contribution is 2.27. The predicted octanol–water partition coefficient (Wildman–Crippen LogP) is 2.40. The van der Waals surface area contributed by atoms with Crippen LogP contribution in [0.15, 0.2) is 35.8 Å². The van der Waals surface area contributed by atoms with Crippen molar-refractivity contribution in [3.63, 3.8) is 0 Å². The zero-order valence-electron chi connectivity index (χ0n) is 10.00. The van der Waals surface area contributed by atoms with Gasteiger partial charge in [-0.15, -0.1) is 16.4 Å². The molecule has 0 spiro atoms. The van der Waals surface area contributed by atoms with Crippen molar-refractivity contribution in [2.24, 2.45) is 5.73 Å². The average molecular weight is 269 g/mol. The van der Waals surface area contributed by atoms with Gasteiger partial charge in [0, 0.05) is 34.6 Å². The Balaban J connectivity index is 1.96. The van der Waals surface area contributed by atoms with Crippen LogP contribution in [0.5, 0.6) is 0 Å². The van der Waals surface area contributed by atoms with E-state index in [4.69, 9.17) is 5.73 Å². The molecule has 1 aromatic carbocycles. The minimum absolute atomic E-state index is 0.469. The Hall–Kier alpha value is -2.18. The molecule has 94 valence electrons. The highest BCUT2D eigenvalue weighted by atomic mass is 32.1. The van der Waals surface area contributed by atoms with Crippen LogP contribution >= 0.6 is 11.3 Å². The van der Waals surface area contributed by atoms with Crippen molar-refractivity contribution in [1.82, 2.24) is 19.6 Å². The molecule has 0 aliphatic rings. The van der Waals surface area contributed by atoms with E-state index in [1.807, 2.05) is 34.3 Å². The standard InChI is InChI=1S/C13H11N5S/c14-5-8-7-19-13-16-12(17-18(8)13)10-6-15-11-4-2-1-3-9(10)11/h1-4,6-7,15H,5,14H2. The van der Waals surface area contributed by atoms with Gasteiger partial charge in [-0.25, -0.2) is 4.52 Å². The molecule has 0 bridgehead atoms. The fourth-order valence-corrected chi connectivity index (χ4v) is 3.07. The van der Waals surface area contributed by atoms with Crippen molar-refractivity contribution in [1.29, 1.82) is 0 Å². The summed E-state index contributed by atoms with van der Waals surface area (Å²) >= 11 is 1.56. The van der Waals surface area contributed by atoms with Crippen molar-refractivity contribution in [3.8, 4) is 11.4 Å². The summed E-state index contributed by atoms with van der Waals surface area (Å²) in [4.78, 5) is 8.69. The molecular formula is C13H11N5S. The van der Waals surface area contributed by atoms with Crippen LogP contribution in [-0.2, 0) is 6.54 Å². The summed E-state index contributed by atoms with van der Waals surface area (Å²) in [6.45, 7) is 0.469. The van der Waals surface area contributed by atoms with Crippen LogP contribution in [0.1, 0.15) is 5.69 Å². The summed E-state index contributed by atoms with van der Waals surface area (Å²) in [6.07, 6.45) is 1.95. The third kappa shape index (κ3) is 1.50. The van der Waals surface area contributed by atoms with Crippen LogP contribution in [0.25, 0.3) is 27.3 Å². The first kappa shape index (κ1) is 10.7. The minimum atomic E-state index is 0.469. The first-order valence-corrected chi connectivity index (χ1v) is 6.84. The van der Waals surface area contributed by atoms with Gasteiger partial charge in [0.2, 0.25) is 4.96 Å². The highest BCUT2D eigenvalue weighted by molar-refractivity contribution is 7.15. The largest absolute Gasteiger partial charge is 0.360 e. The van der Waals surface area contributed by atoms with Gasteiger partial charge in [-0.1, -0.05) is 18.2 Å². The number of thiazole rings is 1. The Labute approximate surface area is 112 Å². The lowest BCUT2D eigenvalue weighted by molar-refractivity contribution is 0.868. The van der Waals surface area contributed by atoms with Crippen molar-refractivity contribution < 1.29 is 0 Å². The lowest BCUT2D eigenvalue weighted by Gasteiger charge is -1.93.